The fourth-order valence-corrected chi connectivity index (χ4v) is 6.54. The number of hydrogen-bond acceptors (Lipinski definition) is 0. The molecule has 0 atom stereocenters. The molecule has 4 aromatic rings. The van der Waals surface area contributed by atoms with E-state index < -0.39 is 16.1 Å². The van der Waals surface area contributed by atoms with E-state index in [9.17, 15) is 0 Å². The first kappa shape index (κ1) is 55.2. The Balaban J connectivity index is -0.000000130. The van der Waals surface area contributed by atoms with Gasteiger partial charge in [-0.15, -0.1) is 0 Å². The van der Waals surface area contributed by atoms with Crippen LogP contribution in [-0.2, 0) is 56.3 Å². The molecule has 0 bridgehead atoms. The molecule has 228 valence electrons. The first-order chi connectivity index (χ1) is 15.9. The summed E-state index contributed by atoms with van der Waals surface area (Å²) in [7, 11) is -2.28. The summed E-state index contributed by atoms with van der Waals surface area (Å²) in [5.74, 6) is 0. The van der Waals surface area contributed by atoms with Gasteiger partial charge in [0.1, 0.15) is 0 Å². The second kappa shape index (κ2) is 24.9. The molecule has 0 radical (unpaired) electrons. The van der Waals surface area contributed by atoms with E-state index in [-0.39, 0.29) is 118 Å². The summed E-state index contributed by atoms with van der Waals surface area (Å²) in [6, 6.07) is 31.6. The van der Waals surface area contributed by atoms with Crippen LogP contribution in [0, 0.1) is 13.8 Å². The second-order valence-corrected chi connectivity index (χ2v) is 22.0. The molecular formula is C32H42Cl6Si2Ti2. The zero-order chi connectivity index (χ0) is 24.9. The van der Waals surface area contributed by atoms with Gasteiger partial charge in [-0.1, -0.05) is 110 Å². The molecule has 0 aromatic heterocycles. The van der Waals surface area contributed by atoms with Gasteiger partial charge >= 0.3 is 43.4 Å². The summed E-state index contributed by atoms with van der Waals surface area (Å²) in [5, 5.41) is 3.14. The van der Waals surface area contributed by atoms with Gasteiger partial charge in [-0.25, -0.2) is 22.5 Å². The van der Waals surface area contributed by atoms with E-state index in [1.807, 2.05) is 0 Å². The van der Waals surface area contributed by atoms with Crippen molar-refractivity contribution >= 4 is 26.5 Å². The van der Waals surface area contributed by atoms with Crippen LogP contribution in [0.1, 0.15) is 33.4 Å². The third-order valence-corrected chi connectivity index (χ3v) is 10.5. The topological polar surface area (TPSA) is 0 Å². The van der Waals surface area contributed by atoms with Crippen molar-refractivity contribution in [2.45, 2.75) is 66.0 Å². The van der Waals surface area contributed by atoms with E-state index in [1.165, 1.54) is 33.4 Å². The molecule has 4 rings (SSSR count). The van der Waals surface area contributed by atoms with Gasteiger partial charge < -0.3 is 74.4 Å². The Labute approximate surface area is 325 Å². The largest absolute Gasteiger partial charge is 4.00 e. The maximum atomic E-state index is 2.40. The molecule has 10 heteroatoms. The third kappa shape index (κ3) is 18.6. The maximum Gasteiger partial charge on any atom is 4.00 e. The smallest absolute Gasteiger partial charge is 1.00 e. The van der Waals surface area contributed by atoms with Gasteiger partial charge in [0.2, 0.25) is 0 Å². The van der Waals surface area contributed by atoms with Crippen molar-refractivity contribution < 1.29 is 118 Å². The fraction of sp³-hybridized carbons (Fsp3) is 0.312. The van der Waals surface area contributed by atoms with Crippen LogP contribution < -0.4 is 84.8 Å². The summed E-state index contributed by atoms with van der Waals surface area (Å²) in [4.78, 5) is 0. The second-order valence-electron chi connectivity index (χ2n) is 11.8. The molecule has 0 unspecified atom stereocenters. The van der Waals surface area contributed by atoms with E-state index >= 15 is 0 Å². The van der Waals surface area contributed by atoms with Gasteiger partial charge in [0.05, 0.1) is 0 Å². The van der Waals surface area contributed by atoms with Crippen LogP contribution in [0.4, 0.5) is 0 Å². The van der Waals surface area contributed by atoms with Gasteiger partial charge in [-0.3, -0.25) is 0 Å². The van der Waals surface area contributed by atoms with E-state index in [1.54, 1.807) is 10.4 Å². The minimum absolute atomic E-state index is 0. The van der Waals surface area contributed by atoms with Crippen molar-refractivity contribution in [1.82, 2.24) is 0 Å². The van der Waals surface area contributed by atoms with E-state index in [0.29, 0.717) is 0 Å². The van der Waals surface area contributed by atoms with Crippen molar-refractivity contribution in [3.63, 3.8) is 0 Å². The predicted molar refractivity (Wildman–Crippen MR) is 158 cm³/mol. The van der Waals surface area contributed by atoms with Crippen molar-refractivity contribution in [2.75, 3.05) is 0 Å². The summed E-state index contributed by atoms with van der Waals surface area (Å²) in [5.41, 5.74) is 8.40. The molecule has 0 saturated carbocycles. The van der Waals surface area contributed by atoms with Gasteiger partial charge in [0, 0.05) is 16.1 Å². The van der Waals surface area contributed by atoms with Crippen LogP contribution >= 0.6 is 0 Å². The minimum Gasteiger partial charge on any atom is -1.00 e. The van der Waals surface area contributed by atoms with Gasteiger partial charge in [0.25, 0.3) is 0 Å². The molecular weight excluding hydrogens is 749 g/mol. The van der Waals surface area contributed by atoms with Crippen LogP contribution in [0.15, 0.2) is 84.9 Å². The van der Waals surface area contributed by atoms with E-state index in [0.717, 1.165) is 12.8 Å². The van der Waals surface area contributed by atoms with Crippen LogP contribution in [0.3, 0.4) is 0 Å². The Morgan fingerprint density at radius 1 is 0.500 bits per heavy atom. The maximum absolute atomic E-state index is 2.40. The summed E-state index contributed by atoms with van der Waals surface area (Å²) < 4.78 is 0. The Morgan fingerprint density at radius 2 is 0.905 bits per heavy atom. The van der Waals surface area contributed by atoms with Crippen molar-refractivity contribution in [3.05, 3.63) is 118 Å². The average Bonchev–Trinajstić information content (AvgIpc) is 3.40. The van der Waals surface area contributed by atoms with Crippen LogP contribution in [-0.4, -0.2) is 16.1 Å². The fourth-order valence-electron chi connectivity index (χ4n) is 4.14. The molecule has 0 fully saturated rings. The predicted octanol–water partition coefficient (Wildman–Crippen LogP) is -10.3. The van der Waals surface area contributed by atoms with Crippen LogP contribution in [0.25, 0.3) is 0 Å². The van der Waals surface area contributed by atoms with Crippen molar-refractivity contribution in [2.24, 2.45) is 0 Å². The van der Waals surface area contributed by atoms with Gasteiger partial charge in [-0.2, -0.15) is 35.4 Å². The first-order valence-electron chi connectivity index (χ1n) is 12.5. The number of aryl methyl sites for hydroxylation is 2. The molecule has 0 N–H and O–H groups in total. The van der Waals surface area contributed by atoms with E-state index in [2.05, 4.69) is 138 Å². The van der Waals surface area contributed by atoms with Crippen LogP contribution in [0.2, 0.25) is 39.3 Å². The van der Waals surface area contributed by atoms with Gasteiger partial charge in [0.15, 0.2) is 0 Å². The molecule has 0 saturated heterocycles. The minimum atomic E-state index is -1.14. The quantitative estimate of drug-likeness (QED) is 0.135. The van der Waals surface area contributed by atoms with Gasteiger partial charge in [-0.05, 0) is 26.7 Å². The Morgan fingerprint density at radius 3 is 1.26 bits per heavy atom. The Hall–Kier alpha value is 0.742. The summed E-state index contributed by atoms with van der Waals surface area (Å²) in [6.45, 7) is 18.7. The molecule has 0 aliphatic carbocycles. The van der Waals surface area contributed by atoms with E-state index in [4.69, 9.17) is 0 Å². The Bertz CT molecular complexity index is 1210. The third-order valence-electron chi connectivity index (χ3n) is 6.39. The zero-order valence-electron chi connectivity index (χ0n) is 25.8. The average molecular weight is 791 g/mol. The van der Waals surface area contributed by atoms with Crippen molar-refractivity contribution in [1.29, 1.82) is 0 Å². The standard InChI is InChI=1S/2C16H21Si.6ClH.2Ti/c1-13-5-7-14(8-6-13)11-15-9-10-16(12-15)17(2,3)4;1-13-6-5-7-14(10-13)11-15-8-9-16(12-15)17(2,3)4;;;;;;;;/h2*5-10,12H,11H2,1-4H3;6*1H;;/q2*-1;;;;;;;2*+4/p-6. The number of halogens is 6. The number of rotatable bonds is 6. The number of hydrogen-bond donors (Lipinski definition) is 0. The molecule has 0 heterocycles. The monoisotopic (exact) mass is 788 g/mol. The molecule has 0 amide bonds. The van der Waals surface area contributed by atoms with Crippen molar-refractivity contribution in [3.8, 4) is 0 Å². The SMILES string of the molecule is Cc1ccc(C[c-]2ccc([Si](C)(C)C)c2)cc1.Cc1cccc(C[c-]2ccc([Si](C)(C)C)c2)c1.[Cl-].[Cl-].[Cl-].[Cl-].[Cl-].[Cl-].[Ti+4].[Ti+4]. The molecule has 42 heavy (non-hydrogen) atoms. The van der Waals surface area contributed by atoms with Crippen LogP contribution in [0.5, 0.6) is 0 Å². The molecule has 4 aromatic carbocycles. The zero-order valence-corrected chi connectivity index (χ0v) is 35.4. The molecule has 0 spiro atoms. The Kier molecular flexibility index (Phi) is 32.7. The number of benzene rings is 2. The molecule has 0 aliphatic heterocycles. The first-order valence-corrected chi connectivity index (χ1v) is 19.5. The normalized spacial score (nSPS) is 9.52. The summed E-state index contributed by atoms with van der Waals surface area (Å²) >= 11 is 0. The summed E-state index contributed by atoms with van der Waals surface area (Å²) in [6.07, 6.45) is 2.12. The molecule has 0 aliphatic rings. The molecule has 0 nitrogen and oxygen atoms in total.